The van der Waals surface area contributed by atoms with Gasteiger partial charge in [-0.3, -0.25) is 19.4 Å². The maximum Gasteiger partial charge on any atom is 0.328 e. The highest BCUT2D eigenvalue weighted by atomic mass is 35.5. The van der Waals surface area contributed by atoms with Crippen molar-refractivity contribution in [2.24, 2.45) is 5.73 Å². The number of hydrogen-bond acceptors (Lipinski definition) is 4. The van der Waals surface area contributed by atoms with Gasteiger partial charge in [0.05, 0.1) is 0 Å². The van der Waals surface area contributed by atoms with Crippen LogP contribution < -0.4 is 5.73 Å². The molecule has 2 aliphatic heterocycles. The molecule has 0 unspecified atom stereocenters. The quantitative estimate of drug-likeness (QED) is 0.588. The van der Waals surface area contributed by atoms with Crippen molar-refractivity contribution in [3.63, 3.8) is 0 Å². The smallest absolute Gasteiger partial charge is 0.328 e. The van der Waals surface area contributed by atoms with Crippen LogP contribution in [-0.4, -0.2) is 70.8 Å². The molecule has 0 bridgehead atoms. The Bertz CT molecular complexity index is 1070. The SMILES string of the molecule is NC(=O)CN1C(=O)N(CCc2ccccc2)C2(CCN(CC(Cl)=Cc3ccccc3)CC2)C1=O. The molecule has 2 aromatic rings. The van der Waals surface area contributed by atoms with Crippen LogP contribution in [0.5, 0.6) is 0 Å². The summed E-state index contributed by atoms with van der Waals surface area (Å²) >= 11 is 6.51. The highest BCUT2D eigenvalue weighted by molar-refractivity contribution is 6.31. The number of benzene rings is 2. The van der Waals surface area contributed by atoms with Gasteiger partial charge in [0.1, 0.15) is 12.1 Å². The third kappa shape index (κ3) is 5.16. The number of rotatable bonds is 8. The Morgan fingerprint density at radius 2 is 1.59 bits per heavy atom. The molecular formula is C26H29ClN4O3. The Balaban J connectivity index is 1.47. The standard InChI is InChI=1S/C26H29ClN4O3/c27-22(17-21-9-5-2-6-10-21)18-29-15-12-26(13-16-29)24(33)30(19-23(28)32)25(34)31(26)14-11-20-7-3-1-4-8-20/h1-10,17H,11-16,18-19H2,(H2,28,32). The van der Waals surface area contributed by atoms with E-state index in [-0.39, 0.29) is 5.91 Å². The van der Waals surface area contributed by atoms with E-state index in [0.29, 0.717) is 50.5 Å². The number of piperidine rings is 1. The summed E-state index contributed by atoms with van der Waals surface area (Å²) in [5, 5.41) is 0.715. The Kier molecular flexibility index (Phi) is 7.34. The van der Waals surface area contributed by atoms with Gasteiger partial charge in [-0.05, 0) is 36.5 Å². The second-order valence-corrected chi connectivity index (χ2v) is 9.32. The van der Waals surface area contributed by atoms with Gasteiger partial charge < -0.3 is 10.6 Å². The first-order valence-corrected chi connectivity index (χ1v) is 11.9. The van der Waals surface area contributed by atoms with Crippen molar-refractivity contribution in [1.29, 1.82) is 0 Å². The average Bonchev–Trinajstić information content (AvgIpc) is 3.01. The van der Waals surface area contributed by atoms with Crippen LogP contribution in [0.3, 0.4) is 0 Å². The number of nitrogens with zero attached hydrogens (tertiary/aromatic N) is 3. The predicted octanol–water partition coefficient (Wildman–Crippen LogP) is 3.09. The Hall–Kier alpha value is -3.16. The topological polar surface area (TPSA) is 86.9 Å². The molecule has 0 atom stereocenters. The molecule has 7 nitrogen and oxygen atoms in total. The average molecular weight is 481 g/mol. The molecule has 0 aromatic heterocycles. The van der Waals surface area contributed by atoms with Crippen molar-refractivity contribution in [2.75, 3.05) is 32.7 Å². The van der Waals surface area contributed by atoms with Gasteiger partial charge in [0.25, 0.3) is 5.91 Å². The number of primary amides is 1. The largest absolute Gasteiger partial charge is 0.368 e. The minimum absolute atomic E-state index is 0.324. The van der Waals surface area contributed by atoms with Gasteiger partial charge in [-0.2, -0.15) is 0 Å². The van der Waals surface area contributed by atoms with Crippen molar-refractivity contribution in [1.82, 2.24) is 14.7 Å². The number of urea groups is 1. The molecule has 0 radical (unpaired) electrons. The number of nitrogens with two attached hydrogens (primary N) is 1. The van der Waals surface area contributed by atoms with Gasteiger partial charge in [-0.25, -0.2) is 4.79 Å². The molecule has 4 rings (SSSR count). The van der Waals surface area contributed by atoms with Crippen LogP contribution in [0, 0.1) is 0 Å². The van der Waals surface area contributed by atoms with Crippen LogP contribution >= 0.6 is 11.6 Å². The van der Waals surface area contributed by atoms with Crippen LogP contribution in [0.25, 0.3) is 6.08 Å². The molecule has 178 valence electrons. The first kappa shape index (κ1) is 24.0. The number of carbonyl (C=O) groups excluding carboxylic acids is 3. The zero-order valence-corrected chi connectivity index (χ0v) is 19.8. The van der Waals surface area contributed by atoms with Crippen molar-refractivity contribution >= 4 is 35.5 Å². The zero-order chi connectivity index (χ0) is 24.1. The Morgan fingerprint density at radius 3 is 2.21 bits per heavy atom. The maximum atomic E-state index is 13.4. The summed E-state index contributed by atoms with van der Waals surface area (Å²) in [5.74, 6) is -1.02. The van der Waals surface area contributed by atoms with Gasteiger partial charge in [0.15, 0.2) is 0 Å². The fourth-order valence-corrected chi connectivity index (χ4v) is 5.12. The van der Waals surface area contributed by atoms with Gasteiger partial charge >= 0.3 is 6.03 Å². The molecule has 1 spiro atoms. The summed E-state index contributed by atoms with van der Waals surface area (Å²) in [7, 11) is 0. The van der Waals surface area contributed by atoms with E-state index in [9.17, 15) is 14.4 Å². The minimum atomic E-state index is -0.951. The van der Waals surface area contributed by atoms with Gasteiger partial charge in [0, 0.05) is 31.2 Å². The molecule has 4 amide bonds. The maximum absolute atomic E-state index is 13.4. The molecule has 34 heavy (non-hydrogen) atoms. The summed E-state index contributed by atoms with van der Waals surface area (Å²) in [6.07, 6.45) is 3.53. The summed E-state index contributed by atoms with van der Waals surface area (Å²) in [6.45, 7) is 1.81. The Labute approximate surface area is 204 Å². The zero-order valence-electron chi connectivity index (χ0n) is 19.0. The number of imide groups is 1. The van der Waals surface area contributed by atoms with Crippen LogP contribution in [0.2, 0.25) is 0 Å². The van der Waals surface area contributed by atoms with E-state index in [0.717, 1.165) is 16.0 Å². The molecule has 0 aliphatic carbocycles. The Morgan fingerprint density at radius 1 is 0.971 bits per heavy atom. The van der Waals surface area contributed by atoms with Crippen molar-refractivity contribution < 1.29 is 14.4 Å². The molecule has 8 heteroatoms. The van der Waals surface area contributed by atoms with Crippen LogP contribution in [-0.2, 0) is 16.0 Å². The van der Waals surface area contributed by atoms with Crippen molar-refractivity contribution in [3.05, 3.63) is 76.8 Å². The third-order valence-electron chi connectivity index (χ3n) is 6.58. The molecule has 0 saturated carbocycles. The predicted molar refractivity (Wildman–Crippen MR) is 132 cm³/mol. The normalized spacial score (nSPS) is 18.7. The van der Waals surface area contributed by atoms with E-state index in [4.69, 9.17) is 17.3 Å². The second kappa shape index (κ2) is 10.4. The lowest BCUT2D eigenvalue weighted by Crippen LogP contribution is -2.57. The molecule has 2 saturated heterocycles. The number of carbonyl (C=O) groups is 3. The third-order valence-corrected chi connectivity index (χ3v) is 6.81. The van der Waals surface area contributed by atoms with Crippen LogP contribution in [0.15, 0.2) is 65.7 Å². The number of halogens is 1. The number of hydrogen-bond donors (Lipinski definition) is 1. The fraction of sp³-hybridized carbons (Fsp3) is 0.346. The highest BCUT2D eigenvalue weighted by Crippen LogP contribution is 2.37. The highest BCUT2D eigenvalue weighted by Gasteiger charge is 2.57. The van der Waals surface area contributed by atoms with Crippen molar-refractivity contribution in [2.45, 2.75) is 24.8 Å². The summed E-state index contributed by atoms with van der Waals surface area (Å²) < 4.78 is 0. The molecule has 2 N–H and O–H groups in total. The number of amides is 4. The van der Waals surface area contributed by atoms with E-state index in [2.05, 4.69) is 4.90 Å². The lowest BCUT2D eigenvalue weighted by molar-refractivity contribution is -0.137. The van der Waals surface area contributed by atoms with Gasteiger partial charge in [-0.15, -0.1) is 0 Å². The summed E-state index contributed by atoms with van der Waals surface area (Å²) in [5.41, 5.74) is 6.50. The summed E-state index contributed by atoms with van der Waals surface area (Å²) in [4.78, 5) is 43.0. The summed E-state index contributed by atoms with van der Waals surface area (Å²) in [6, 6.07) is 19.3. The van der Waals surface area contributed by atoms with E-state index < -0.39 is 24.0 Å². The molecular weight excluding hydrogens is 452 g/mol. The van der Waals surface area contributed by atoms with Crippen molar-refractivity contribution in [3.8, 4) is 0 Å². The van der Waals surface area contributed by atoms with E-state index >= 15 is 0 Å². The van der Waals surface area contributed by atoms with Crippen LogP contribution in [0.4, 0.5) is 4.79 Å². The van der Waals surface area contributed by atoms with E-state index in [1.807, 2.05) is 66.7 Å². The van der Waals surface area contributed by atoms with Crippen LogP contribution in [0.1, 0.15) is 24.0 Å². The monoisotopic (exact) mass is 480 g/mol. The van der Waals surface area contributed by atoms with Gasteiger partial charge in [0.2, 0.25) is 5.91 Å². The number of likely N-dealkylation sites (tertiary alicyclic amines) is 1. The molecule has 2 aromatic carbocycles. The molecule has 2 aliphatic rings. The molecule has 2 heterocycles. The first-order chi connectivity index (χ1) is 16.4. The second-order valence-electron chi connectivity index (χ2n) is 8.84. The minimum Gasteiger partial charge on any atom is -0.368 e. The van der Waals surface area contributed by atoms with E-state index in [1.54, 1.807) is 4.90 Å². The van der Waals surface area contributed by atoms with E-state index in [1.165, 1.54) is 0 Å². The first-order valence-electron chi connectivity index (χ1n) is 11.5. The lowest BCUT2D eigenvalue weighted by Gasteiger charge is -2.42. The van der Waals surface area contributed by atoms with Gasteiger partial charge in [-0.1, -0.05) is 72.3 Å². The molecule has 2 fully saturated rings. The lowest BCUT2D eigenvalue weighted by atomic mass is 9.85. The fourth-order valence-electron chi connectivity index (χ4n) is 4.83.